The molecule has 0 radical (unpaired) electrons. The highest BCUT2D eigenvalue weighted by atomic mass is 32.3. The van der Waals surface area contributed by atoms with Gasteiger partial charge in [0.25, 0.3) is 0 Å². The fourth-order valence-corrected chi connectivity index (χ4v) is 12.0. The molecule has 2 aliphatic heterocycles. The SMILES string of the molecule is CC.CC(C)(C)C1=C2OS3(Oc4c(C(C)(C)C)cc(C(C)(C)C)cc4C(C)(C)C)Oc4c(cc(C(C)(C)C)cc4C(C)(C)C)CC(CC2=CC(C(C)(C)C)CC1)c1cc(C(C)(C)C)cc(C(C)(C)C)c1O3. The summed E-state index contributed by atoms with van der Waals surface area (Å²) in [4.78, 5) is 0. The molecule has 3 aromatic rings. The Hall–Kier alpha value is -3.31. The summed E-state index contributed by atoms with van der Waals surface area (Å²) in [6.45, 7) is 67.0. The zero-order valence-corrected chi connectivity index (χ0v) is 51.9. The van der Waals surface area contributed by atoms with Crippen LogP contribution in [0.3, 0.4) is 0 Å². The number of fused-ring (bicyclic) bond motifs is 3. The van der Waals surface area contributed by atoms with Gasteiger partial charge in [0.15, 0.2) is 17.2 Å². The largest absolute Gasteiger partial charge is 0.429 e. The minimum absolute atomic E-state index is 0.0215. The van der Waals surface area contributed by atoms with Crippen LogP contribution in [0.15, 0.2) is 59.4 Å². The molecule has 1 aliphatic carbocycles. The van der Waals surface area contributed by atoms with Gasteiger partial charge in [-0.3, -0.25) is 0 Å². The zero-order valence-electron chi connectivity index (χ0n) is 51.1. The van der Waals surface area contributed by atoms with Crippen molar-refractivity contribution in [3.05, 3.63) is 109 Å². The summed E-state index contributed by atoms with van der Waals surface area (Å²) in [6, 6.07) is 14.5. The minimum Gasteiger partial charge on any atom is -0.357 e. The molecule has 398 valence electrons. The molecule has 3 aromatic carbocycles. The van der Waals surface area contributed by atoms with Gasteiger partial charge in [-0.05, 0) is 120 Å². The van der Waals surface area contributed by atoms with Crippen molar-refractivity contribution in [3.63, 3.8) is 0 Å². The van der Waals surface area contributed by atoms with Gasteiger partial charge in [-0.1, -0.05) is 243 Å². The first-order valence-electron chi connectivity index (χ1n) is 27.4. The van der Waals surface area contributed by atoms with Gasteiger partial charge in [0.1, 0.15) is 5.76 Å². The van der Waals surface area contributed by atoms with Crippen molar-refractivity contribution in [2.24, 2.45) is 16.7 Å². The summed E-state index contributed by atoms with van der Waals surface area (Å²) < 4.78 is 32.6. The van der Waals surface area contributed by atoms with Crippen molar-refractivity contribution in [1.82, 2.24) is 0 Å². The molecule has 3 atom stereocenters. The Bertz CT molecular complexity index is 2470. The molecule has 0 saturated heterocycles. The molecule has 3 unspecified atom stereocenters. The van der Waals surface area contributed by atoms with E-state index in [2.05, 4.69) is 229 Å². The van der Waals surface area contributed by atoms with Crippen molar-refractivity contribution >= 4 is 11.2 Å². The standard InChI is InChI=1S/C64H98O4S.C2H6/c1-56(2,3)42-28-29-47(60(13,14)15)52-40(32-42)30-39-31-41-33-43(57(4,5)6)35-48(61(16,17)18)53(41)66-69(65-52,67-54-46(39)34-44(58(7,8)9)36-49(54)62(19,20)21)68-55-50(63(22,23)24)37-45(59(10,11)12)38-51(55)64(25,26)27;1-2/h32-39,42H,28-31H2,1-27H3;1-2H3. The minimum atomic E-state index is -3.60. The highest BCUT2D eigenvalue weighted by Crippen LogP contribution is 2.65. The average Bonchev–Trinajstić information content (AvgIpc) is 3.29. The molecule has 0 amide bonds. The normalized spacial score (nSPS) is 21.6. The lowest BCUT2D eigenvalue weighted by molar-refractivity contribution is 0.256. The summed E-state index contributed by atoms with van der Waals surface area (Å²) in [5.74, 6) is 3.68. The highest BCUT2D eigenvalue weighted by molar-refractivity contribution is 8.18. The Morgan fingerprint density at radius 3 is 1.28 bits per heavy atom. The van der Waals surface area contributed by atoms with E-state index in [-0.39, 0.29) is 54.7 Å². The maximum Gasteiger partial charge on any atom is 0.429 e. The molecule has 0 aromatic heterocycles. The van der Waals surface area contributed by atoms with E-state index in [4.69, 9.17) is 16.7 Å². The lowest BCUT2D eigenvalue weighted by Gasteiger charge is -2.42. The van der Waals surface area contributed by atoms with Crippen LogP contribution in [0.5, 0.6) is 17.2 Å². The van der Waals surface area contributed by atoms with Crippen LogP contribution < -0.4 is 12.5 Å². The van der Waals surface area contributed by atoms with Crippen LogP contribution >= 0.6 is 11.2 Å². The van der Waals surface area contributed by atoms with Crippen molar-refractivity contribution in [2.75, 3.05) is 0 Å². The lowest BCUT2D eigenvalue weighted by atomic mass is 9.73. The molecule has 3 aliphatic rings. The number of rotatable bonds is 2. The monoisotopic (exact) mass is 993 g/mol. The third kappa shape index (κ3) is 12.8. The zero-order chi connectivity index (χ0) is 54.4. The van der Waals surface area contributed by atoms with E-state index < -0.39 is 11.2 Å². The summed E-state index contributed by atoms with van der Waals surface area (Å²) in [7, 11) is 0. The van der Waals surface area contributed by atoms with Crippen LogP contribution in [0, 0.1) is 16.7 Å². The molecule has 2 bridgehead atoms. The van der Waals surface area contributed by atoms with E-state index in [1.54, 1.807) is 0 Å². The summed E-state index contributed by atoms with van der Waals surface area (Å²) >= 11 is -3.60. The van der Waals surface area contributed by atoms with Gasteiger partial charge >= 0.3 is 11.2 Å². The molecule has 0 saturated carbocycles. The summed E-state index contributed by atoms with van der Waals surface area (Å²) in [5, 5.41) is 0. The smallest absolute Gasteiger partial charge is 0.357 e. The second-order valence-corrected chi connectivity index (χ2v) is 32.2. The molecule has 71 heavy (non-hydrogen) atoms. The van der Waals surface area contributed by atoms with Crippen molar-refractivity contribution < 1.29 is 16.7 Å². The third-order valence-electron chi connectivity index (χ3n) is 15.0. The van der Waals surface area contributed by atoms with Gasteiger partial charge in [-0.25, -0.2) is 0 Å². The third-order valence-corrected chi connectivity index (χ3v) is 16.5. The van der Waals surface area contributed by atoms with Crippen LogP contribution in [0.2, 0.25) is 0 Å². The van der Waals surface area contributed by atoms with E-state index in [9.17, 15) is 0 Å². The average molecular weight is 994 g/mol. The van der Waals surface area contributed by atoms with Crippen LogP contribution in [-0.4, -0.2) is 0 Å². The van der Waals surface area contributed by atoms with Gasteiger partial charge in [0, 0.05) is 27.8 Å². The van der Waals surface area contributed by atoms with Crippen LogP contribution in [-0.2, 0) is 48.5 Å². The number of hydrogen-bond donors (Lipinski definition) is 0. The predicted molar refractivity (Wildman–Crippen MR) is 310 cm³/mol. The first kappa shape index (κ1) is 58.6. The maximum atomic E-state index is 8.18. The Morgan fingerprint density at radius 2 is 0.859 bits per heavy atom. The Balaban J connectivity index is 0.00000463. The Morgan fingerprint density at radius 1 is 0.451 bits per heavy atom. The van der Waals surface area contributed by atoms with E-state index in [1.807, 2.05) is 13.8 Å². The quantitative estimate of drug-likeness (QED) is 0.256. The van der Waals surface area contributed by atoms with Crippen molar-refractivity contribution in [1.29, 1.82) is 0 Å². The summed E-state index contributed by atoms with van der Waals surface area (Å²) in [6.07, 6.45) is 6.08. The number of hydrogen-bond acceptors (Lipinski definition) is 4. The molecular weight excluding hydrogens is 889 g/mol. The molecule has 0 spiro atoms. The fraction of sp³-hybridized carbons (Fsp3) is 0.667. The highest BCUT2D eigenvalue weighted by Gasteiger charge is 2.50. The van der Waals surface area contributed by atoms with Crippen LogP contribution in [0.1, 0.15) is 276 Å². The summed E-state index contributed by atoms with van der Waals surface area (Å²) in [5.41, 5.74) is 11.6. The van der Waals surface area contributed by atoms with Gasteiger partial charge in [0.2, 0.25) is 0 Å². The van der Waals surface area contributed by atoms with E-state index in [0.717, 1.165) is 70.9 Å². The number of benzene rings is 3. The topological polar surface area (TPSA) is 36.9 Å². The van der Waals surface area contributed by atoms with Crippen molar-refractivity contribution in [2.45, 2.75) is 270 Å². The molecule has 2 heterocycles. The Labute approximate surface area is 439 Å². The molecule has 0 N–H and O–H groups in total. The predicted octanol–water partition coefficient (Wildman–Crippen LogP) is 20.5. The molecule has 0 fully saturated rings. The van der Waals surface area contributed by atoms with Gasteiger partial charge in [0.05, 0.1) is 0 Å². The number of allylic oxidation sites excluding steroid dienone is 3. The van der Waals surface area contributed by atoms with Gasteiger partial charge < -0.3 is 16.7 Å². The van der Waals surface area contributed by atoms with E-state index in [0.29, 0.717) is 5.92 Å². The van der Waals surface area contributed by atoms with Gasteiger partial charge in [-0.2, -0.15) is 0 Å². The maximum absolute atomic E-state index is 8.18. The van der Waals surface area contributed by atoms with Crippen molar-refractivity contribution in [3.8, 4) is 17.2 Å². The second-order valence-electron chi connectivity index (χ2n) is 30.7. The molecule has 6 rings (SSSR count). The molecule has 5 heteroatoms. The fourth-order valence-electron chi connectivity index (χ4n) is 10.2. The second kappa shape index (κ2) is 19.1. The molecular formula is C66H104O4S. The Kier molecular flexibility index (Phi) is 15.8. The van der Waals surface area contributed by atoms with E-state index in [1.165, 1.54) is 39.0 Å². The van der Waals surface area contributed by atoms with Crippen LogP contribution in [0.4, 0.5) is 0 Å². The van der Waals surface area contributed by atoms with E-state index >= 15 is 0 Å². The van der Waals surface area contributed by atoms with Gasteiger partial charge in [-0.15, -0.1) is 0 Å². The van der Waals surface area contributed by atoms with Crippen LogP contribution in [0.25, 0.3) is 0 Å². The molecule has 4 nitrogen and oxygen atoms in total. The first-order chi connectivity index (χ1) is 31.8. The lowest BCUT2D eigenvalue weighted by Crippen LogP contribution is -2.31. The first-order valence-corrected chi connectivity index (χ1v) is 28.8.